The summed E-state index contributed by atoms with van der Waals surface area (Å²) in [5.74, 6) is -0.0778. The second kappa shape index (κ2) is 8.48. The number of hydrogen-bond donors (Lipinski definition) is 0. The van der Waals surface area contributed by atoms with Crippen LogP contribution in [0, 0.1) is 5.41 Å². The number of ether oxygens (including phenoxy) is 1. The van der Waals surface area contributed by atoms with E-state index in [4.69, 9.17) is 27.9 Å². The highest BCUT2D eigenvalue weighted by Crippen LogP contribution is 2.56. The van der Waals surface area contributed by atoms with E-state index >= 15 is 0 Å². The van der Waals surface area contributed by atoms with Gasteiger partial charge in [-0.05, 0) is 48.4 Å². The van der Waals surface area contributed by atoms with Gasteiger partial charge < -0.3 is 14.5 Å². The van der Waals surface area contributed by atoms with Crippen LogP contribution in [0.3, 0.4) is 0 Å². The molecule has 1 spiro atoms. The van der Waals surface area contributed by atoms with E-state index in [0.717, 1.165) is 24.8 Å². The molecule has 0 bridgehead atoms. The van der Waals surface area contributed by atoms with Gasteiger partial charge in [-0.15, -0.1) is 0 Å². The lowest BCUT2D eigenvalue weighted by Crippen LogP contribution is -2.42. The molecule has 7 heteroatoms. The van der Waals surface area contributed by atoms with Gasteiger partial charge in [0.05, 0.1) is 0 Å². The zero-order valence-corrected chi connectivity index (χ0v) is 18.3. The van der Waals surface area contributed by atoms with Gasteiger partial charge in [0.15, 0.2) is 0 Å². The highest BCUT2D eigenvalue weighted by molar-refractivity contribution is 6.35. The molecule has 1 saturated heterocycles. The summed E-state index contributed by atoms with van der Waals surface area (Å²) >= 11 is 12.1. The normalized spacial score (nSPS) is 19.4. The van der Waals surface area contributed by atoms with Gasteiger partial charge in [-0.3, -0.25) is 4.79 Å². The van der Waals surface area contributed by atoms with Gasteiger partial charge in [0, 0.05) is 41.8 Å². The Morgan fingerprint density at radius 1 is 1.10 bits per heavy atom. The van der Waals surface area contributed by atoms with Crippen molar-refractivity contribution in [2.45, 2.75) is 31.9 Å². The third-order valence-corrected chi connectivity index (χ3v) is 6.70. The van der Waals surface area contributed by atoms with Crippen LogP contribution in [-0.2, 0) is 11.3 Å². The molecule has 5 nitrogen and oxygen atoms in total. The molecule has 2 aromatic carbocycles. The third kappa shape index (κ3) is 4.42. The first-order chi connectivity index (χ1) is 14.4. The molecule has 0 radical (unpaired) electrons. The van der Waals surface area contributed by atoms with E-state index in [-0.39, 0.29) is 30.1 Å². The lowest BCUT2D eigenvalue weighted by atomic mass is 9.92. The second-order valence-electron chi connectivity index (χ2n) is 8.18. The Balaban J connectivity index is 1.30. The first kappa shape index (κ1) is 21.0. The van der Waals surface area contributed by atoms with Crippen molar-refractivity contribution in [3.05, 3.63) is 69.7 Å². The third-order valence-electron chi connectivity index (χ3n) is 6.27. The van der Waals surface area contributed by atoms with Crippen molar-refractivity contribution in [3.8, 4) is 0 Å². The standard InChI is InChI=1S/C23H24Cl2N2O3/c1-26(21(28)17-11-18(24)13-19(25)12-17)20-14-23(20)7-9-27(10-8-23)22(29)30-15-16-5-3-2-4-6-16/h2-6,11-13,20H,7-10,14-15H2,1H3. The molecule has 1 aliphatic carbocycles. The fraction of sp³-hybridized carbons (Fsp3) is 0.391. The molecule has 2 amide bonds. The number of nitrogens with zero attached hydrogens (tertiary/aromatic N) is 2. The number of likely N-dealkylation sites (tertiary alicyclic amines) is 1. The Hall–Kier alpha value is -2.24. The van der Waals surface area contributed by atoms with Crippen molar-refractivity contribution in [1.29, 1.82) is 0 Å². The van der Waals surface area contributed by atoms with Gasteiger partial charge in [0.2, 0.25) is 0 Å². The van der Waals surface area contributed by atoms with Crippen molar-refractivity contribution in [1.82, 2.24) is 9.80 Å². The molecule has 2 aliphatic rings. The molecule has 158 valence electrons. The van der Waals surface area contributed by atoms with Crippen LogP contribution in [0.2, 0.25) is 10.0 Å². The molecule has 0 N–H and O–H groups in total. The average Bonchev–Trinajstić information content (AvgIpc) is 3.44. The van der Waals surface area contributed by atoms with E-state index in [1.807, 2.05) is 37.4 Å². The Morgan fingerprint density at radius 2 is 1.73 bits per heavy atom. The largest absolute Gasteiger partial charge is 0.445 e. The monoisotopic (exact) mass is 446 g/mol. The van der Waals surface area contributed by atoms with Crippen molar-refractivity contribution in [2.24, 2.45) is 5.41 Å². The van der Waals surface area contributed by atoms with Gasteiger partial charge >= 0.3 is 6.09 Å². The van der Waals surface area contributed by atoms with Crippen LogP contribution in [0.1, 0.15) is 35.2 Å². The number of benzene rings is 2. The predicted octanol–water partition coefficient (Wildman–Crippen LogP) is 5.26. The first-order valence-electron chi connectivity index (χ1n) is 10.1. The van der Waals surface area contributed by atoms with E-state index < -0.39 is 0 Å². The van der Waals surface area contributed by atoms with E-state index in [9.17, 15) is 9.59 Å². The van der Waals surface area contributed by atoms with Crippen LogP contribution < -0.4 is 0 Å². The molecule has 30 heavy (non-hydrogen) atoms. The maximum atomic E-state index is 12.9. The SMILES string of the molecule is CN(C(=O)c1cc(Cl)cc(Cl)c1)C1CC12CCN(C(=O)OCc1ccccc1)CC2. The maximum absolute atomic E-state index is 12.9. The molecule has 2 fully saturated rings. The van der Waals surface area contributed by atoms with Crippen LogP contribution in [-0.4, -0.2) is 48.0 Å². The molecule has 1 aliphatic heterocycles. The smallest absolute Gasteiger partial charge is 0.410 e. The summed E-state index contributed by atoms with van der Waals surface area (Å²) in [5, 5.41) is 0.902. The molecule has 2 aromatic rings. The van der Waals surface area contributed by atoms with Gasteiger partial charge in [-0.1, -0.05) is 53.5 Å². The Bertz CT molecular complexity index is 922. The van der Waals surface area contributed by atoms with Crippen molar-refractivity contribution >= 4 is 35.2 Å². The summed E-state index contributed by atoms with van der Waals surface area (Å²) in [4.78, 5) is 28.8. The lowest BCUT2D eigenvalue weighted by molar-refractivity contribution is 0.0668. The van der Waals surface area contributed by atoms with Crippen LogP contribution in [0.4, 0.5) is 4.79 Å². The number of hydrogen-bond acceptors (Lipinski definition) is 3. The quantitative estimate of drug-likeness (QED) is 0.643. The Morgan fingerprint density at radius 3 is 2.37 bits per heavy atom. The van der Waals surface area contributed by atoms with Crippen molar-refractivity contribution in [2.75, 3.05) is 20.1 Å². The van der Waals surface area contributed by atoms with E-state index in [1.165, 1.54) is 0 Å². The number of amides is 2. The van der Waals surface area contributed by atoms with Gasteiger partial charge in [-0.25, -0.2) is 4.79 Å². The van der Waals surface area contributed by atoms with Gasteiger partial charge in [0.25, 0.3) is 5.91 Å². The number of carbonyl (C=O) groups is 2. The molecule has 1 unspecified atom stereocenters. The van der Waals surface area contributed by atoms with Crippen molar-refractivity contribution in [3.63, 3.8) is 0 Å². The zero-order chi connectivity index (χ0) is 21.3. The molecule has 1 atom stereocenters. The highest BCUT2D eigenvalue weighted by Gasteiger charge is 2.58. The minimum atomic E-state index is -0.274. The van der Waals surface area contributed by atoms with Gasteiger partial charge in [-0.2, -0.15) is 0 Å². The predicted molar refractivity (Wildman–Crippen MR) is 117 cm³/mol. The number of rotatable bonds is 4. The number of piperidine rings is 1. The average molecular weight is 447 g/mol. The van der Waals surface area contributed by atoms with Gasteiger partial charge in [0.1, 0.15) is 6.61 Å². The number of halogens is 2. The molecule has 4 rings (SSSR count). The summed E-state index contributed by atoms with van der Waals surface area (Å²) in [6.45, 7) is 1.58. The summed E-state index contributed by atoms with van der Waals surface area (Å²) in [7, 11) is 1.83. The van der Waals surface area contributed by atoms with E-state index in [2.05, 4.69) is 0 Å². The summed E-state index contributed by atoms with van der Waals surface area (Å²) in [5.41, 5.74) is 1.56. The Kier molecular flexibility index (Phi) is 5.94. The van der Waals surface area contributed by atoms with Crippen LogP contribution in [0.25, 0.3) is 0 Å². The number of carbonyl (C=O) groups excluding carboxylic acids is 2. The fourth-order valence-corrected chi connectivity index (χ4v) is 4.90. The fourth-order valence-electron chi connectivity index (χ4n) is 4.38. The molecular weight excluding hydrogens is 423 g/mol. The van der Waals surface area contributed by atoms with Crippen LogP contribution >= 0.6 is 23.2 Å². The molecule has 1 saturated carbocycles. The molecular formula is C23H24Cl2N2O3. The van der Waals surface area contributed by atoms with Crippen LogP contribution in [0.15, 0.2) is 48.5 Å². The van der Waals surface area contributed by atoms with Crippen molar-refractivity contribution < 1.29 is 14.3 Å². The minimum absolute atomic E-state index is 0.0778. The van der Waals surface area contributed by atoms with Crippen LogP contribution in [0.5, 0.6) is 0 Å². The minimum Gasteiger partial charge on any atom is -0.445 e. The molecule has 1 heterocycles. The summed E-state index contributed by atoms with van der Waals surface area (Å²) in [6.07, 6.45) is 2.41. The summed E-state index contributed by atoms with van der Waals surface area (Å²) in [6, 6.07) is 14.7. The highest BCUT2D eigenvalue weighted by atomic mass is 35.5. The zero-order valence-electron chi connectivity index (χ0n) is 16.8. The topological polar surface area (TPSA) is 49.9 Å². The maximum Gasteiger partial charge on any atom is 0.410 e. The van der Waals surface area contributed by atoms with E-state index in [1.54, 1.807) is 28.0 Å². The summed E-state index contributed by atoms with van der Waals surface area (Å²) < 4.78 is 5.45. The lowest BCUT2D eigenvalue weighted by Gasteiger charge is -2.33. The van der Waals surface area contributed by atoms with E-state index in [0.29, 0.717) is 28.7 Å². The molecule has 0 aromatic heterocycles. The Labute approximate surface area is 186 Å². The first-order valence-corrected chi connectivity index (χ1v) is 10.8. The second-order valence-corrected chi connectivity index (χ2v) is 9.06.